The number of hydrogen-bond donors (Lipinski definition) is 2. The first-order valence-corrected chi connectivity index (χ1v) is 6.90. The molecule has 0 saturated carbocycles. The van der Waals surface area contributed by atoms with E-state index in [1.807, 2.05) is 6.92 Å². The predicted molar refractivity (Wildman–Crippen MR) is 82.4 cm³/mol. The monoisotopic (exact) mass is 293 g/mol. The van der Waals surface area contributed by atoms with E-state index in [0.29, 0.717) is 12.2 Å². The molecule has 0 aliphatic carbocycles. The minimum Gasteiger partial charge on any atom is -0.497 e. The number of ether oxygens (including phenoxy) is 1. The summed E-state index contributed by atoms with van der Waals surface area (Å²) in [6.45, 7) is 4.37. The highest BCUT2D eigenvalue weighted by molar-refractivity contribution is 5.92. The molecule has 0 heterocycles. The first kappa shape index (κ1) is 17.0. The lowest BCUT2D eigenvalue weighted by Crippen LogP contribution is -2.45. The summed E-state index contributed by atoms with van der Waals surface area (Å²) < 4.78 is 5.05. The molecule has 0 spiro atoms. The van der Waals surface area contributed by atoms with E-state index < -0.39 is 6.04 Å². The van der Waals surface area contributed by atoms with Gasteiger partial charge in [-0.3, -0.25) is 14.9 Å². The summed E-state index contributed by atoms with van der Waals surface area (Å²) in [5.41, 5.74) is 0.687. The minimum atomic E-state index is -0.392. The van der Waals surface area contributed by atoms with Crippen LogP contribution in [0, 0.1) is 0 Å². The molecule has 1 aromatic carbocycles. The Labute approximate surface area is 125 Å². The summed E-state index contributed by atoms with van der Waals surface area (Å²) in [5, 5.41) is 5.66. The fraction of sp³-hybridized carbons (Fsp3) is 0.467. The Morgan fingerprint density at radius 3 is 2.43 bits per heavy atom. The van der Waals surface area contributed by atoms with E-state index >= 15 is 0 Å². The van der Waals surface area contributed by atoms with Crippen molar-refractivity contribution in [3.63, 3.8) is 0 Å². The Kier molecular flexibility index (Phi) is 6.68. The third-order valence-electron chi connectivity index (χ3n) is 3.16. The lowest BCUT2D eigenvalue weighted by atomic mass is 10.3. The summed E-state index contributed by atoms with van der Waals surface area (Å²) in [5.74, 6) is 0.502. The van der Waals surface area contributed by atoms with Gasteiger partial charge in [-0.2, -0.15) is 0 Å². The van der Waals surface area contributed by atoms with Crippen molar-refractivity contribution in [2.24, 2.45) is 0 Å². The van der Waals surface area contributed by atoms with Crippen LogP contribution >= 0.6 is 0 Å². The number of likely N-dealkylation sites (N-methyl/N-ethyl adjacent to an activating group) is 1. The van der Waals surface area contributed by atoms with Gasteiger partial charge < -0.3 is 15.0 Å². The van der Waals surface area contributed by atoms with Crippen LogP contribution in [0.1, 0.15) is 13.8 Å². The van der Waals surface area contributed by atoms with Gasteiger partial charge in [0.15, 0.2) is 0 Å². The van der Waals surface area contributed by atoms with Crippen molar-refractivity contribution in [1.29, 1.82) is 0 Å². The van der Waals surface area contributed by atoms with Crippen molar-refractivity contribution in [2.45, 2.75) is 19.9 Å². The van der Waals surface area contributed by atoms with Crippen LogP contribution in [0.15, 0.2) is 24.3 Å². The van der Waals surface area contributed by atoms with E-state index in [1.54, 1.807) is 50.2 Å². The van der Waals surface area contributed by atoms with Crippen molar-refractivity contribution in [3.8, 4) is 5.75 Å². The number of carbonyl (C=O) groups is 2. The zero-order valence-corrected chi connectivity index (χ0v) is 13.0. The van der Waals surface area contributed by atoms with Crippen LogP contribution < -0.4 is 15.4 Å². The average Bonchev–Trinajstić information content (AvgIpc) is 2.51. The molecular weight excluding hydrogens is 270 g/mol. The van der Waals surface area contributed by atoms with Crippen LogP contribution in [0.4, 0.5) is 5.69 Å². The topological polar surface area (TPSA) is 70.7 Å². The number of methoxy groups -OCH3 is 1. The molecule has 0 aliphatic heterocycles. The lowest BCUT2D eigenvalue weighted by Gasteiger charge is -2.20. The number of anilines is 1. The van der Waals surface area contributed by atoms with Gasteiger partial charge >= 0.3 is 0 Å². The van der Waals surface area contributed by atoms with Crippen LogP contribution in [-0.4, -0.2) is 50.0 Å². The Morgan fingerprint density at radius 1 is 1.29 bits per heavy atom. The van der Waals surface area contributed by atoms with Gasteiger partial charge in [-0.15, -0.1) is 0 Å². The van der Waals surface area contributed by atoms with Gasteiger partial charge in [0.2, 0.25) is 11.8 Å². The number of nitrogens with zero attached hydrogens (tertiary/aromatic N) is 1. The normalized spacial score (nSPS) is 11.6. The second-order valence-electron chi connectivity index (χ2n) is 4.73. The van der Waals surface area contributed by atoms with Crippen molar-refractivity contribution in [3.05, 3.63) is 24.3 Å². The lowest BCUT2D eigenvalue weighted by molar-refractivity contribution is -0.131. The molecule has 0 aliphatic rings. The van der Waals surface area contributed by atoms with Gasteiger partial charge in [-0.05, 0) is 38.1 Å². The Bertz CT molecular complexity index is 474. The minimum absolute atomic E-state index is 0.0326. The number of rotatable bonds is 7. The Hall–Kier alpha value is -2.08. The van der Waals surface area contributed by atoms with Crippen LogP contribution in [0.25, 0.3) is 0 Å². The number of carbonyl (C=O) groups excluding carboxylic acids is 2. The molecule has 1 unspecified atom stereocenters. The maximum absolute atomic E-state index is 11.8. The second kappa shape index (κ2) is 8.26. The van der Waals surface area contributed by atoms with Crippen LogP contribution in [-0.2, 0) is 9.59 Å². The largest absolute Gasteiger partial charge is 0.497 e. The highest BCUT2D eigenvalue weighted by atomic mass is 16.5. The van der Waals surface area contributed by atoms with Crippen molar-refractivity contribution >= 4 is 17.5 Å². The van der Waals surface area contributed by atoms with Crippen LogP contribution in [0.5, 0.6) is 5.75 Å². The van der Waals surface area contributed by atoms with Crippen LogP contribution in [0.3, 0.4) is 0 Å². The van der Waals surface area contributed by atoms with Crippen molar-refractivity contribution in [1.82, 2.24) is 10.2 Å². The van der Waals surface area contributed by atoms with E-state index in [9.17, 15) is 9.59 Å². The van der Waals surface area contributed by atoms with E-state index in [4.69, 9.17) is 4.74 Å². The van der Waals surface area contributed by atoms with Gasteiger partial charge in [-0.1, -0.05) is 0 Å². The average molecular weight is 293 g/mol. The molecule has 0 bridgehead atoms. The molecule has 0 aromatic heterocycles. The van der Waals surface area contributed by atoms with E-state index in [0.717, 1.165) is 5.75 Å². The first-order valence-electron chi connectivity index (χ1n) is 6.90. The fourth-order valence-electron chi connectivity index (χ4n) is 1.70. The maximum atomic E-state index is 11.8. The molecular formula is C15H23N3O3. The molecule has 1 aromatic rings. The molecule has 2 N–H and O–H groups in total. The van der Waals surface area contributed by atoms with Crippen molar-refractivity contribution in [2.75, 3.05) is 32.6 Å². The summed E-state index contributed by atoms with van der Waals surface area (Å²) in [4.78, 5) is 25.2. The summed E-state index contributed by atoms with van der Waals surface area (Å²) in [7, 11) is 3.32. The number of benzene rings is 1. The Balaban J connectivity index is 2.41. The fourth-order valence-corrected chi connectivity index (χ4v) is 1.70. The number of hydrogen-bond acceptors (Lipinski definition) is 4. The first-order chi connectivity index (χ1) is 9.97. The number of nitrogens with one attached hydrogen (secondary N) is 2. The summed E-state index contributed by atoms with van der Waals surface area (Å²) in [6.07, 6.45) is 0. The highest BCUT2D eigenvalue weighted by Gasteiger charge is 2.16. The van der Waals surface area contributed by atoms with Crippen molar-refractivity contribution < 1.29 is 14.3 Å². The number of amides is 2. The molecule has 21 heavy (non-hydrogen) atoms. The molecule has 0 saturated heterocycles. The maximum Gasteiger partial charge on any atom is 0.239 e. The van der Waals surface area contributed by atoms with E-state index in [-0.39, 0.29) is 18.4 Å². The van der Waals surface area contributed by atoms with Gasteiger partial charge in [-0.25, -0.2) is 0 Å². The second-order valence-corrected chi connectivity index (χ2v) is 4.73. The molecule has 2 amide bonds. The quantitative estimate of drug-likeness (QED) is 0.789. The highest BCUT2D eigenvalue weighted by Crippen LogP contribution is 2.14. The standard InChI is InChI=1S/C15H23N3O3/c1-5-18(3)15(20)11(2)16-10-14(19)17-12-6-8-13(21-4)9-7-12/h6-9,11,16H,5,10H2,1-4H3,(H,17,19). The molecule has 0 radical (unpaired) electrons. The van der Waals surface area contributed by atoms with Gasteiger partial charge in [0.05, 0.1) is 19.7 Å². The van der Waals surface area contributed by atoms with Crippen LogP contribution in [0.2, 0.25) is 0 Å². The van der Waals surface area contributed by atoms with E-state index in [2.05, 4.69) is 10.6 Å². The third-order valence-corrected chi connectivity index (χ3v) is 3.16. The Morgan fingerprint density at radius 2 is 1.90 bits per heavy atom. The molecule has 6 nitrogen and oxygen atoms in total. The molecule has 6 heteroatoms. The smallest absolute Gasteiger partial charge is 0.239 e. The molecule has 116 valence electrons. The predicted octanol–water partition coefficient (Wildman–Crippen LogP) is 1.09. The van der Waals surface area contributed by atoms with Gasteiger partial charge in [0, 0.05) is 19.3 Å². The van der Waals surface area contributed by atoms with E-state index in [1.165, 1.54) is 0 Å². The summed E-state index contributed by atoms with van der Waals surface area (Å²) >= 11 is 0. The zero-order valence-electron chi connectivity index (χ0n) is 13.0. The SMILES string of the molecule is CCN(C)C(=O)C(C)NCC(=O)Nc1ccc(OC)cc1. The third kappa shape index (κ3) is 5.43. The van der Waals surface area contributed by atoms with Gasteiger partial charge in [0.1, 0.15) is 5.75 Å². The summed E-state index contributed by atoms with van der Waals surface area (Å²) in [6, 6.07) is 6.67. The molecule has 0 fully saturated rings. The molecule has 1 atom stereocenters. The molecule has 1 rings (SSSR count). The zero-order chi connectivity index (χ0) is 15.8. The van der Waals surface area contributed by atoms with Gasteiger partial charge in [0.25, 0.3) is 0 Å².